The average Bonchev–Trinajstić information content (AvgIpc) is 2.00. The number of phenolic OH excluding ortho intramolecular Hbond substituents is 1. The molecule has 1 aromatic carbocycles. The summed E-state index contributed by atoms with van der Waals surface area (Å²) in [5.41, 5.74) is -1.21. The van der Waals surface area contributed by atoms with Crippen LogP contribution in [-0.2, 0) is 0 Å². The second-order valence-corrected chi connectivity index (χ2v) is 2.09. The highest BCUT2D eigenvalue weighted by Gasteiger charge is 2.16. The predicted octanol–water partition coefficient (Wildman–Crippen LogP) is 0.233. The number of hydrogen-bond acceptors (Lipinski definition) is 3. The number of aromatic hydroxyl groups is 1. The number of phenols is 1. The Morgan fingerprint density at radius 1 is 1.58 bits per heavy atom. The standard InChI is InChI=1S/C6H3BFNO3/c7-5-3(8)1-2-4(6(5)10)9(11)12/h1-2,10H. The van der Waals surface area contributed by atoms with E-state index in [1.54, 1.807) is 0 Å². The van der Waals surface area contributed by atoms with Gasteiger partial charge in [-0.15, -0.1) is 0 Å². The van der Waals surface area contributed by atoms with E-state index in [-0.39, 0.29) is 0 Å². The van der Waals surface area contributed by atoms with Crippen LogP contribution >= 0.6 is 0 Å². The van der Waals surface area contributed by atoms with Crippen molar-refractivity contribution < 1.29 is 14.4 Å². The van der Waals surface area contributed by atoms with E-state index in [1.807, 2.05) is 0 Å². The molecule has 1 N–H and O–H groups in total. The Bertz CT molecular complexity index is 342. The fourth-order valence-electron chi connectivity index (χ4n) is 0.719. The van der Waals surface area contributed by atoms with Crippen molar-refractivity contribution in [3.8, 4) is 5.75 Å². The van der Waals surface area contributed by atoms with Gasteiger partial charge >= 0.3 is 5.69 Å². The maximum Gasteiger partial charge on any atom is 0.310 e. The summed E-state index contributed by atoms with van der Waals surface area (Å²) in [5.74, 6) is -1.71. The lowest BCUT2D eigenvalue weighted by Crippen LogP contribution is -2.10. The fraction of sp³-hybridized carbons (Fsp3) is 0. The zero-order chi connectivity index (χ0) is 9.30. The molecule has 12 heavy (non-hydrogen) atoms. The van der Waals surface area contributed by atoms with Gasteiger partial charge in [-0.2, -0.15) is 0 Å². The van der Waals surface area contributed by atoms with E-state index in [1.165, 1.54) is 0 Å². The van der Waals surface area contributed by atoms with E-state index >= 15 is 0 Å². The zero-order valence-electron chi connectivity index (χ0n) is 5.82. The number of benzene rings is 1. The Morgan fingerprint density at radius 2 is 2.17 bits per heavy atom. The molecule has 0 saturated heterocycles. The van der Waals surface area contributed by atoms with Crippen LogP contribution in [0.1, 0.15) is 0 Å². The quantitative estimate of drug-likeness (QED) is 0.370. The van der Waals surface area contributed by atoms with Gasteiger partial charge < -0.3 is 5.11 Å². The molecule has 0 atom stereocenters. The SMILES string of the molecule is [B]c1c(F)ccc([N+](=O)[O-])c1O. The molecule has 0 bridgehead atoms. The molecule has 2 radical (unpaired) electrons. The Labute approximate surface area is 68.2 Å². The molecule has 0 saturated carbocycles. The summed E-state index contributed by atoms with van der Waals surface area (Å²) in [5, 5.41) is 19.1. The Kier molecular flexibility index (Phi) is 1.99. The Morgan fingerprint density at radius 3 is 2.67 bits per heavy atom. The highest BCUT2D eigenvalue weighted by Crippen LogP contribution is 2.22. The van der Waals surface area contributed by atoms with Crippen molar-refractivity contribution in [1.82, 2.24) is 0 Å². The molecule has 60 valence electrons. The van der Waals surface area contributed by atoms with Crippen molar-refractivity contribution in [3.05, 3.63) is 28.1 Å². The molecule has 0 aliphatic heterocycles. The second-order valence-electron chi connectivity index (χ2n) is 2.09. The first-order valence-corrected chi connectivity index (χ1v) is 2.95. The highest BCUT2D eigenvalue weighted by atomic mass is 19.1. The largest absolute Gasteiger partial charge is 0.502 e. The van der Waals surface area contributed by atoms with E-state index in [0.29, 0.717) is 0 Å². The van der Waals surface area contributed by atoms with Gasteiger partial charge in [0.15, 0.2) is 5.75 Å². The number of nitrogens with zero attached hydrogens (tertiary/aromatic N) is 1. The summed E-state index contributed by atoms with van der Waals surface area (Å²) in [7, 11) is 4.99. The van der Waals surface area contributed by atoms with Crippen molar-refractivity contribution in [2.45, 2.75) is 0 Å². The van der Waals surface area contributed by atoms with Gasteiger partial charge in [0.25, 0.3) is 0 Å². The Balaban J connectivity index is 3.36. The van der Waals surface area contributed by atoms with Gasteiger partial charge in [0.05, 0.1) is 4.92 Å². The predicted molar refractivity (Wildman–Crippen MR) is 40.1 cm³/mol. The van der Waals surface area contributed by atoms with Crippen LogP contribution in [0.15, 0.2) is 12.1 Å². The summed E-state index contributed by atoms with van der Waals surface area (Å²) in [6.07, 6.45) is 0. The lowest BCUT2D eigenvalue weighted by molar-refractivity contribution is -0.385. The molecule has 0 heterocycles. The summed E-state index contributed by atoms with van der Waals surface area (Å²) >= 11 is 0. The van der Waals surface area contributed by atoms with Crippen molar-refractivity contribution in [3.63, 3.8) is 0 Å². The molecule has 0 aliphatic rings. The summed E-state index contributed by atoms with van der Waals surface area (Å²) in [6.45, 7) is 0. The first kappa shape index (κ1) is 8.51. The number of nitro benzene ring substituents is 1. The molecular formula is C6H3BFNO3. The fourth-order valence-corrected chi connectivity index (χ4v) is 0.719. The molecule has 1 rings (SSSR count). The van der Waals surface area contributed by atoms with Gasteiger partial charge in [-0.1, -0.05) is 0 Å². The van der Waals surface area contributed by atoms with Gasteiger partial charge in [-0.05, 0) is 11.5 Å². The summed E-state index contributed by atoms with van der Waals surface area (Å²) < 4.78 is 12.5. The van der Waals surface area contributed by atoms with Crippen LogP contribution in [0.5, 0.6) is 5.75 Å². The van der Waals surface area contributed by atoms with Gasteiger partial charge in [-0.3, -0.25) is 10.1 Å². The van der Waals surface area contributed by atoms with Crippen LogP contribution < -0.4 is 5.46 Å². The molecule has 0 fully saturated rings. The topological polar surface area (TPSA) is 63.4 Å². The zero-order valence-corrected chi connectivity index (χ0v) is 5.82. The molecule has 0 amide bonds. The molecule has 0 spiro atoms. The third kappa shape index (κ3) is 1.23. The number of nitro groups is 1. The van der Waals surface area contributed by atoms with E-state index in [0.717, 1.165) is 12.1 Å². The first-order chi connectivity index (χ1) is 5.54. The molecule has 1 aromatic rings. The lowest BCUT2D eigenvalue weighted by atomic mass is 9.94. The molecule has 6 heteroatoms. The van der Waals surface area contributed by atoms with Gasteiger partial charge in [0, 0.05) is 6.07 Å². The van der Waals surface area contributed by atoms with Gasteiger partial charge in [-0.25, -0.2) is 4.39 Å². The molecule has 4 nitrogen and oxygen atoms in total. The first-order valence-electron chi connectivity index (χ1n) is 2.95. The van der Waals surface area contributed by atoms with Crippen LogP contribution in [0.3, 0.4) is 0 Å². The van der Waals surface area contributed by atoms with Gasteiger partial charge in [0.1, 0.15) is 13.7 Å². The minimum absolute atomic E-state index is 0.603. The summed E-state index contributed by atoms with van der Waals surface area (Å²) in [6, 6.07) is 1.67. The van der Waals surface area contributed by atoms with Crippen molar-refractivity contribution >= 4 is 19.0 Å². The van der Waals surface area contributed by atoms with Crippen molar-refractivity contribution in [1.29, 1.82) is 0 Å². The van der Waals surface area contributed by atoms with Crippen LogP contribution in [0.4, 0.5) is 10.1 Å². The monoisotopic (exact) mass is 167 g/mol. The normalized spacial score (nSPS) is 9.75. The lowest BCUT2D eigenvalue weighted by Gasteiger charge is -2.00. The third-order valence-corrected chi connectivity index (χ3v) is 1.34. The number of rotatable bonds is 1. The van der Waals surface area contributed by atoms with Crippen LogP contribution in [0.2, 0.25) is 0 Å². The third-order valence-electron chi connectivity index (χ3n) is 1.34. The minimum Gasteiger partial charge on any atom is -0.502 e. The minimum atomic E-state index is -0.877. The van der Waals surface area contributed by atoms with Crippen LogP contribution in [0, 0.1) is 15.9 Å². The molecule has 0 aromatic heterocycles. The number of halogens is 1. The van der Waals surface area contributed by atoms with Crippen LogP contribution in [0.25, 0.3) is 0 Å². The van der Waals surface area contributed by atoms with E-state index in [2.05, 4.69) is 0 Å². The van der Waals surface area contributed by atoms with Crippen LogP contribution in [-0.4, -0.2) is 17.9 Å². The molecule has 0 unspecified atom stereocenters. The highest BCUT2D eigenvalue weighted by molar-refractivity contribution is 6.34. The molecule has 0 aliphatic carbocycles. The number of hydrogen-bond donors (Lipinski definition) is 1. The smallest absolute Gasteiger partial charge is 0.310 e. The van der Waals surface area contributed by atoms with E-state index < -0.39 is 27.6 Å². The Hall–Kier alpha value is -1.59. The van der Waals surface area contributed by atoms with E-state index in [9.17, 15) is 14.5 Å². The second kappa shape index (κ2) is 2.81. The maximum atomic E-state index is 12.5. The van der Waals surface area contributed by atoms with Crippen molar-refractivity contribution in [2.75, 3.05) is 0 Å². The maximum absolute atomic E-state index is 12.5. The van der Waals surface area contributed by atoms with Gasteiger partial charge in [0.2, 0.25) is 0 Å². The van der Waals surface area contributed by atoms with Crippen molar-refractivity contribution in [2.24, 2.45) is 0 Å². The molecular weight excluding hydrogens is 164 g/mol. The summed E-state index contributed by atoms with van der Waals surface area (Å²) in [4.78, 5) is 9.31. The average molecular weight is 167 g/mol. The van der Waals surface area contributed by atoms with E-state index in [4.69, 9.17) is 13.0 Å².